The standard InChI is InChI=1S/C25H23N3O5/c1-26-23(29)21-11-10-15(13-27-21)12-22(24(30)31)28-25(32)33-14-20-18-8-4-2-6-16(18)17-7-3-5-9-19(17)20/h2-11,13,20,22H,12,14H2,1H3,(H,26,29)(H,28,32)(H,30,31)/t22-/m0/s1. The van der Waals surface area contributed by atoms with E-state index in [0.717, 1.165) is 22.3 Å². The topological polar surface area (TPSA) is 118 Å². The van der Waals surface area contributed by atoms with E-state index < -0.39 is 18.1 Å². The van der Waals surface area contributed by atoms with Gasteiger partial charge < -0.3 is 20.5 Å². The summed E-state index contributed by atoms with van der Waals surface area (Å²) in [6.45, 7) is 0.0918. The molecule has 3 N–H and O–H groups in total. The molecule has 8 heteroatoms. The summed E-state index contributed by atoms with van der Waals surface area (Å²) in [6, 6.07) is 17.8. The van der Waals surface area contributed by atoms with Gasteiger partial charge in [-0.2, -0.15) is 0 Å². The molecule has 0 unspecified atom stereocenters. The van der Waals surface area contributed by atoms with E-state index in [1.807, 2.05) is 48.5 Å². The van der Waals surface area contributed by atoms with Crippen molar-refractivity contribution >= 4 is 18.0 Å². The lowest BCUT2D eigenvalue weighted by molar-refractivity contribution is -0.139. The number of alkyl carbamates (subject to hydrolysis) is 1. The van der Waals surface area contributed by atoms with Gasteiger partial charge in [0, 0.05) is 25.6 Å². The number of hydrogen-bond donors (Lipinski definition) is 3. The first-order valence-corrected chi connectivity index (χ1v) is 10.5. The largest absolute Gasteiger partial charge is 0.480 e. The monoisotopic (exact) mass is 445 g/mol. The Labute approximate surface area is 190 Å². The Bertz CT molecular complexity index is 1150. The number of pyridine rings is 1. The summed E-state index contributed by atoms with van der Waals surface area (Å²) in [5, 5.41) is 14.4. The maximum Gasteiger partial charge on any atom is 0.407 e. The Morgan fingerprint density at radius 1 is 1.00 bits per heavy atom. The molecule has 0 spiro atoms. The smallest absolute Gasteiger partial charge is 0.407 e. The Morgan fingerprint density at radius 2 is 1.64 bits per heavy atom. The second-order valence-electron chi connectivity index (χ2n) is 7.70. The van der Waals surface area contributed by atoms with Crippen LogP contribution in [0.15, 0.2) is 66.9 Å². The van der Waals surface area contributed by atoms with Gasteiger partial charge in [0.05, 0.1) is 0 Å². The molecular weight excluding hydrogens is 422 g/mol. The highest BCUT2D eigenvalue weighted by atomic mass is 16.5. The third kappa shape index (κ3) is 4.69. The summed E-state index contributed by atoms with van der Waals surface area (Å²) in [7, 11) is 1.50. The van der Waals surface area contributed by atoms with Crippen LogP contribution in [0.2, 0.25) is 0 Å². The van der Waals surface area contributed by atoms with Crippen LogP contribution in [0, 0.1) is 0 Å². The average Bonchev–Trinajstić information content (AvgIpc) is 3.16. The Morgan fingerprint density at radius 3 is 2.18 bits per heavy atom. The third-order valence-corrected chi connectivity index (χ3v) is 5.66. The first-order valence-electron chi connectivity index (χ1n) is 10.5. The number of ether oxygens (including phenoxy) is 1. The van der Waals surface area contributed by atoms with E-state index in [2.05, 4.69) is 15.6 Å². The molecule has 1 heterocycles. The normalized spacial score (nSPS) is 12.9. The maximum absolute atomic E-state index is 12.4. The minimum absolute atomic E-state index is 0.000548. The molecule has 33 heavy (non-hydrogen) atoms. The Kier molecular flexibility index (Phi) is 6.35. The van der Waals surface area contributed by atoms with Crippen LogP contribution in [0.5, 0.6) is 0 Å². The van der Waals surface area contributed by atoms with Crippen LogP contribution in [0.3, 0.4) is 0 Å². The van der Waals surface area contributed by atoms with Crippen LogP contribution in [0.1, 0.15) is 33.1 Å². The SMILES string of the molecule is CNC(=O)c1ccc(C[C@H](NC(=O)OCC2c3ccccc3-c3ccccc32)C(=O)O)cn1. The number of fused-ring (bicyclic) bond motifs is 3. The Hall–Kier alpha value is -4.20. The van der Waals surface area contributed by atoms with Crippen molar-refractivity contribution in [1.29, 1.82) is 0 Å². The molecule has 2 aromatic carbocycles. The molecule has 0 fully saturated rings. The lowest BCUT2D eigenvalue weighted by atomic mass is 9.98. The molecule has 1 aliphatic carbocycles. The predicted molar refractivity (Wildman–Crippen MR) is 121 cm³/mol. The molecule has 1 atom stereocenters. The van der Waals surface area contributed by atoms with Gasteiger partial charge in [0.25, 0.3) is 5.91 Å². The molecule has 0 radical (unpaired) electrons. The van der Waals surface area contributed by atoms with Crippen molar-refractivity contribution in [1.82, 2.24) is 15.6 Å². The van der Waals surface area contributed by atoms with E-state index in [1.165, 1.54) is 19.3 Å². The van der Waals surface area contributed by atoms with Crippen LogP contribution < -0.4 is 10.6 Å². The zero-order valence-corrected chi connectivity index (χ0v) is 17.9. The number of amides is 2. The number of carbonyl (C=O) groups is 3. The minimum atomic E-state index is -1.20. The second kappa shape index (κ2) is 9.52. The van der Waals surface area contributed by atoms with Gasteiger partial charge in [0.1, 0.15) is 18.3 Å². The predicted octanol–water partition coefficient (Wildman–Crippen LogP) is 2.98. The van der Waals surface area contributed by atoms with E-state index in [0.29, 0.717) is 5.56 Å². The molecule has 168 valence electrons. The fourth-order valence-corrected chi connectivity index (χ4v) is 4.03. The van der Waals surface area contributed by atoms with Gasteiger partial charge in [-0.05, 0) is 33.9 Å². The summed E-state index contributed by atoms with van der Waals surface area (Å²) < 4.78 is 5.44. The molecule has 1 aromatic heterocycles. The number of rotatable bonds is 7. The number of carboxylic acid groups (broad SMARTS) is 1. The van der Waals surface area contributed by atoms with Crippen molar-refractivity contribution in [3.05, 3.63) is 89.2 Å². The molecule has 8 nitrogen and oxygen atoms in total. The highest BCUT2D eigenvalue weighted by molar-refractivity contribution is 5.92. The third-order valence-electron chi connectivity index (χ3n) is 5.66. The van der Waals surface area contributed by atoms with Gasteiger partial charge in [-0.15, -0.1) is 0 Å². The van der Waals surface area contributed by atoms with Gasteiger partial charge in [-0.1, -0.05) is 54.6 Å². The van der Waals surface area contributed by atoms with Crippen molar-refractivity contribution in [2.24, 2.45) is 0 Å². The van der Waals surface area contributed by atoms with Crippen molar-refractivity contribution < 1.29 is 24.2 Å². The molecule has 0 aliphatic heterocycles. The second-order valence-corrected chi connectivity index (χ2v) is 7.70. The first-order chi connectivity index (χ1) is 16.0. The maximum atomic E-state index is 12.4. The summed E-state index contributed by atoms with van der Waals surface area (Å²) in [6.07, 6.45) is 0.611. The van der Waals surface area contributed by atoms with Crippen molar-refractivity contribution in [3.63, 3.8) is 0 Å². The van der Waals surface area contributed by atoms with E-state index >= 15 is 0 Å². The number of nitrogens with zero attached hydrogens (tertiary/aromatic N) is 1. The van der Waals surface area contributed by atoms with Crippen molar-refractivity contribution in [2.75, 3.05) is 13.7 Å². The fourth-order valence-electron chi connectivity index (χ4n) is 4.03. The summed E-state index contributed by atoms with van der Waals surface area (Å²) in [4.78, 5) is 39.8. The average molecular weight is 445 g/mol. The highest BCUT2D eigenvalue weighted by Crippen LogP contribution is 2.44. The zero-order chi connectivity index (χ0) is 23.4. The zero-order valence-electron chi connectivity index (χ0n) is 17.9. The minimum Gasteiger partial charge on any atom is -0.480 e. The van der Waals surface area contributed by atoms with Crippen molar-refractivity contribution in [3.8, 4) is 11.1 Å². The van der Waals surface area contributed by atoms with Gasteiger partial charge >= 0.3 is 12.1 Å². The van der Waals surface area contributed by atoms with Gasteiger partial charge in [0.15, 0.2) is 0 Å². The molecule has 3 aromatic rings. The number of carbonyl (C=O) groups excluding carboxylic acids is 2. The number of aromatic nitrogens is 1. The lowest BCUT2D eigenvalue weighted by Gasteiger charge is -2.17. The van der Waals surface area contributed by atoms with Gasteiger partial charge in [0.2, 0.25) is 0 Å². The summed E-state index contributed by atoms with van der Waals surface area (Å²) >= 11 is 0. The number of nitrogens with one attached hydrogen (secondary N) is 2. The van der Waals surface area contributed by atoms with Gasteiger partial charge in [-0.3, -0.25) is 9.78 Å². The number of benzene rings is 2. The quantitative estimate of drug-likeness (QED) is 0.515. The number of hydrogen-bond acceptors (Lipinski definition) is 5. The van der Waals surface area contributed by atoms with Crippen LogP contribution in [-0.2, 0) is 16.0 Å². The van der Waals surface area contributed by atoms with Gasteiger partial charge in [-0.25, -0.2) is 9.59 Å². The molecule has 1 aliphatic rings. The molecule has 4 rings (SSSR count). The summed E-state index contributed by atoms with van der Waals surface area (Å²) in [5.41, 5.74) is 5.15. The highest BCUT2D eigenvalue weighted by Gasteiger charge is 2.29. The molecule has 0 saturated carbocycles. The lowest BCUT2D eigenvalue weighted by Crippen LogP contribution is -2.43. The van der Waals surface area contributed by atoms with Crippen molar-refractivity contribution in [2.45, 2.75) is 18.4 Å². The van der Waals surface area contributed by atoms with E-state index in [4.69, 9.17) is 4.74 Å². The van der Waals surface area contributed by atoms with Crippen LogP contribution in [0.4, 0.5) is 4.79 Å². The Balaban J connectivity index is 1.40. The van der Waals surface area contributed by atoms with Crippen LogP contribution in [-0.4, -0.2) is 47.8 Å². The number of carboxylic acids is 1. The molecular formula is C25H23N3O5. The molecule has 0 saturated heterocycles. The van der Waals surface area contributed by atoms with Crippen LogP contribution in [0.25, 0.3) is 11.1 Å². The van der Waals surface area contributed by atoms with E-state index in [-0.39, 0.29) is 30.5 Å². The summed E-state index contributed by atoms with van der Waals surface area (Å²) in [5.74, 6) is -1.65. The van der Waals surface area contributed by atoms with E-state index in [9.17, 15) is 19.5 Å². The first kappa shape index (κ1) is 22.0. The molecule has 0 bridgehead atoms. The van der Waals surface area contributed by atoms with Crippen LogP contribution >= 0.6 is 0 Å². The number of aliphatic carboxylic acids is 1. The molecule has 2 amide bonds. The fraction of sp³-hybridized carbons (Fsp3) is 0.200. The van der Waals surface area contributed by atoms with E-state index in [1.54, 1.807) is 6.07 Å².